The van der Waals surface area contributed by atoms with Crippen LogP contribution in [0.1, 0.15) is 115 Å². The third-order valence-electron chi connectivity index (χ3n) is 16.3. The predicted molar refractivity (Wildman–Crippen MR) is 365 cm³/mol. The van der Waals surface area contributed by atoms with E-state index >= 15 is 0 Å². The lowest BCUT2D eigenvalue weighted by molar-refractivity contribution is -0.870. The quantitative estimate of drug-likeness (QED) is 0.00981. The Balaban J connectivity index is 1.97. The van der Waals surface area contributed by atoms with Gasteiger partial charge >= 0.3 is 69.4 Å². The first kappa shape index (κ1) is 91.7. The van der Waals surface area contributed by atoms with Crippen molar-refractivity contribution in [3.8, 4) is 0 Å². The van der Waals surface area contributed by atoms with Crippen molar-refractivity contribution in [2.24, 2.45) is 38.9 Å². The summed E-state index contributed by atoms with van der Waals surface area (Å²) >= 11 is 6.67. The number of hydrogen-bond donors (Lipinski definition) is 2. The number of phosphoric ester groups is 2. The van der Waals surface area contributed by atoms with E-state index in [1.807, 2.05) is 42.3 Å². The highest BCUT2D eigenvalue weighted by atomic mass is 79.9. The van der Waals surface area contributed by atoms with Crippen LogP contribution in [0, 0.1) is 38.9 Å². The number of Topliss-reactive ketones (excluding diaryl/α,β-unsaturated/α-hetero) is 2. The average Bonchev–Trinajstić information content (AvgIpc) is 1.58. The summed E-state index contributed by atoms with van der Waals surface area (Å²) in [6, 6.07) is 0. The summed E-state index contributed by atoms with van der Waals surface area (Å²) in [4.78, 5) is 196. The number of halogens is 2. The Morgan fingerprint density at radius 1 is 0.437 bits per heavy atom. The number of esters is 9. The maximum absolute atomic E-state index is 14.6. The smallest absolute Gasteiger partial charge is 0.464 e. The lowest BCUT2D eigenvalue weighted by Gasteiger charge is -2.38. The molecule has 2 fully saturated rings. The SMILES string of the molecule is CC(=O)CC(=O)OCCOC(=O)C(C)(CC(C)(C)C(=O)OCC(C)(COC(=O)C(C)(C)CC(C)(CC(C)(Br)C(=O)OCCOP(=O)(O)OCC[N+](C)(C)C)C(=O)OCCOC(=O)CC(C)=O)C(=O)OCCN1C(=O)C2C3C=CC(O3)C2C1=O)CC(C)(Br)C(=O)OCCOP(=O)(O)OCC[N+](C)(C)C. The van der Waals surface area contributed by atoms with Crippen molar-refractivity contribution in [1.29, 1.82) is 0 Å². The van der Waals surface area contributed by atoms with E-state index in [1.54, 1.807) is 12.2 Å². The van der Waals surface area contributed by atoms with Crippen LogP contribution in [0.2, 0.25) is 0 Å². The molecule has 2 N–H and O–H groups in total. The van der Waals surface area contributed by atoms with Gasteiger partial charge in [0.1, 0.15) is 124 Å². The van der Waals surface area contributed by atoms with E-state index in [4.69, 9.17) is 65.5 Å². The van der Waals surface area contributed by atoms with Gasteiger partial charge < -0.3 is 66.1 Å². The number of imide groups is 1. The molecule has 0 aromatic heterocycles. The van der Waals surface area contributed by atoms with Crippen LogP contribution >= 0.6 is 47.5 Å². The van der Waals surface area contributed by atoms with Crippen LogP contribution in [0.25, 0.3) is 0 Å². The summed E-state index contributed by atoms with van der Waals surface area (Å²) in [5, 5.41) is 0. The molecule has 0 aromatic carbocycles. The van der Waals surface area contributed by atoms with Crippen molar-refractivity contribution in [2.75, 3.05) is 148 Å². The summed E-state index contributed by atoms with van der Waals surface area (Å²) in [5.74, 6) is -13.0. The van der Waals surface area contributed by atoms with Crippen molar-refractivity contribution < 1.29 is 156 Å². The van der Waals surface area contributed by atoms with Crippen LogP contribution in [0.15, 0.2) is 12.2 Å². The highest BCUT2D eigenvalue weighted by Crippen LogP contribution is 2.49. The van der Waals surface area contributed by atoms with Gasteiger partial charge in [0.2, 0.25) is 11.8 Å². The number of likely N-dealkylation sites (N-methyl/N-ethyl adjacent to an activating group) is 2. The van der Waals surface area contributed by atoms with Crippen molar-refractivity contribution in [2.45, 2.75) is 136 Å². The van der Waals surface area contributed by atoms with E-state index in [1.165, 1.54) is 62.3 Å². The summed E-state index contributed by atoms with van der Waals surface area (Å²) in [7, 11) is 1.85. The molecule has 3 aliphatic heterocycles. The Kier molecular flexibility index (Phi) is 33.7. The minimum absolute atomic E-state index is 0.139. The number of fused-ring (bicyclic) bond motifs is 5. The van der Waals surface area contributed by atoms with Crippen molar-refractivity contribution in [1.82, 2.24) is 4.90 Å². The zero-order valence-electron chi connectivity index (χ0n) is 61.7. The lowest BCUT2D eigenvalue weighted by Crippen LogP contribution is -2.47. The summed E-state index contributed by atoms with van der Waals surface area (Å²) in [5.41, 5.74) is -9.56. The van der Waals surface area contributed by atoms with E-state index < -0.39 is 270 Å². The van der Waals surface area contributed by atoms with E-state index in [9.17, 15) is 81.2 Å². The van der Waals surface area contributed by atoms with Gasteiger partial charge in [-0.05, 0) is 102 Å². The first-order valence-electron chi connectivity index (χ1n) is 32.9. The van der Waals surface area contributed by atoms with Crippen molar-refractivity contribution in [3.05, 3.63) is 12.2 Å². The van der Waals surface area contributed by atoms with E-state index in [0.717, 1.165) is 18.7 Å². The fourth-order valence-corrected chi connectivity index (χ4v) is 14.2. The van der Waals surface area contributed by atoms with Gasteiger partial charge in [-0.3, -0.25) is 85.3 Å². The predicted octanol–water partition coefficient (Wildman–Crippen LogP) is 4.39. The number of ketones is 2. The van der Waals surface area contributed by atoms with Gasteiger partial charge in [-0.1, -0.05) is 44.0 Å². The monoisotopic (exact) mass is 1640 g/mol. The van der Waals surface area contributed by atoms with Gasteiger partial charge in [0.15, 0.2) is 0 Å². The second-order valence-corrected chi connectivity index (χ2v) is 36.6. The van der Waals surface area contributed by atoms with E-state index in [2.05, 4.69) is 31.9 Å². The Hall–Kier alpha value is -5.49. The molecule has 3 rings (SSSR count). The molecule has 38 heteroatoms. The standard InChI is InChI=1S/C65H101Br2N3O31P2/c1-42(71)34-46(73)88-26-28-91-54(79)61(7,38-64(10,66)57(82)93-30-32-99-102(84,85)97-24-21-69(12,13)14)36-59(3,4)52(77)95-40-63(9,56(81)90-23-20-68-50(75)48-44-18-19-45(101-44)49(48)51(68)76)41-96-53(78)60(5,6)37-62(8,55(80)92-29-27-89-47(74)35-43(2)72)39-65(11,67)58(83)94-31-33-100-103(86,87)98-25-22-70(15,16)17/h18-19,44-45,48-49H,20-41H2,1-17H3/p+2. The Labute approximate surface area is 616 Å². The maximum atomic E-state index is 14.6. The molecule has 0 radical (unpaired) electrons. The number of carbonyl (C=O) groups excluding carboxylic acids is 13. The van der Waals surface area contributed by atoms with Gasteiger partial charge in [0.25, 0.3) is 0 Å². The third-order valence-corrected chi connectivity index (χ3v) is 19.5. The molecular formula is C65H103Br2N3O31P2+2. The molecule has 0 aliphatic carbocycles. The summed E-state index contributed by atoms with van der Waals surface area (Å²) in [6.45, 7) is 7.25. The molecular weight excluding hydrogens is 1540 g/mol. The second kappa shape index (κ2) is 37.9. The molecule has 103 heavy (non-hydrogen) atoms. The van der Waals surface area contributed by atoms with Crippen LogP contribution in [0.4, 0.5) is 0 Å². The van der Waals surface area contributed by atoms with E-state index in [0.29, 0.717) is 22.1 Å². The molecule has 0 spiro atoms. The lowest BCUT2D eigenvalue weighted by atomic mass is 9.69. The van der Waals surface area contributed by atoms with Crippen molar-refractivity contribution >= 4 is 125 Å². The number of alkyl halides is 2. The molecule has 2 saturated heterocycles. The number of carbonyl (C=O) groups is 13. The number of likely N-dealkylation sites (tertiary alicyclic amines) is 1. The minimum atomic E-state index is -4.58. The normalized spacial score (nSPS) is 20.7. The number of rotatable bonds is 48. The van der Waals surface area contributed by atoms with Crippen LogP contribution in [0.3, 0.4) is 0 Å². The number of quaternary nitrogens is 2. The highest BCUT2D eigenvalue weighted by molar-refractivity contribution is 9.10. The van der Waals surface area contributed by atoms with Gasteiger partial charge in [-0.25, -0.2) is 9.13 Å². The number of phosphoric acid groups is 2. The zero-order chi connectivity index (χ0) is 78.8. The van der Waals surface area contributed by atoms with Gasteiger partial charge in [0.05, 0.1) is 108 Å². The molecule has 10 unspecified atom stereocenters. The van der Waals surface area contributed by atoms with Crippen molar-refractivity contribution in [3.63, 3.8) is 0 Å². The maximum Gasteiger partial charge on any atom is 0.472 e. The molecule has 3 aliphatic rings. The molecule has 10 atom stereocenters. The van der Waals surface area contributed by atoms with Gasteiger partial charge in [-0.2, -0.15) is 0 Å². The average molecular weight is 1640 g/mol. The van der Waals surface area contributed by atoms with Crippen LogP contribution < -0.4 is 0 Å². The Morgan fingerprint density at radius 2 is 0.738 bits per heavy atom. The molecule has 34 nitrogen and oxygen atoms in total. The topological polar surface area (TPSA) is 429 Å². The molecule has 3 heterocycles. The van der Waals surface area contributed by atoms with Crippen LogP contribution in [-0.2, 0) is 137 Å². The fourth-order valence-electron chi connectivity index (χ4n) is 11.4. The summed E-state index contributed by atoms with van der Waals surface area (Å²) < 4.78 is 97.2. The molecule has 2 amide bonds. The van der Waals surface area contributed by atoms with E-state index in [-0.39, 0.29) is 13.2 Å². The molecule has 2 bridgehead atoms. The zero-order valence-corrected chi connectivity index (χ0v) is 66.7. The largest absolute Gasteiger partial charge is 0.472 e. The number of amides is 2. The number of hydrogen-bond acceptors (Lipinski definition) is 29. The first-order valence-corrected chi connectivity index (χ1v) is 37.5. The fraction of sp³-hybridized carbons (Fsp3) is 0.769. The summed E-state index contributed by atoms with van der Waals surface area (Å²) in [6.07, 6.45) is -1.08. The van der Waals surface area contributed by atoms with Gasteiger partial charge in [0, 0.05) is 0 Å². The highest BCUT2D eigenvalue weighted by Gasteiger charge is 2.61. The molecule has 0 saturated carbocycles. The van der Waals surface area contributed by atoms with Gasteiger partial charge in [-0.15, -0.1) is 0 Å². The molecule has 0 aromatic rings. The number of ether oxygens (including phenoxy) is 10. The Bertz CT molecular complexity index is 3040. The first-order chi connectivity index (χ1) is 47.0. The van der Waals surface area contributed by atoms with Crippen LogP contribution in [-0.4, -0.2) is 269 Å². The Morgan fingerprint density at radius 3 is 1.08 bits per heavy atom. The third kappa shape index (κ3) is 30.0. The second-order valence-electron chi connectivity index (χ2n) is 30.2. The van der Waals surface area contributed by atoms with Crippen LogP contribution in [0.5, 0.6) is 0 Å². The minimum Gasteiger partial charge on any atom is -0.464 e. The molecule has 586 valence electrons. The number of nitrogens with zero attached hydrogens (tertiary/aromatic N) is 3.